The third kappa shape index (κ3) is 3.12. The zero-order chi connectivity index (χ0) is 15.6. The zero-order valence-corrected chi connectivity index (χ0v) is 13.6. The molecular weight excluding hydrogens is 302 g/mol. The molecular formula is C15H23N3O3S. The Bertz CT molecular complexity index is 593. The van der Waals surface area contributed by atoms with Crippen LogP contribution in [0.15, 0.2) is 30.3 Å². The Morgan fingerprint density at radius 1 is 1.32 bits per heavy atom. The van der Waals surface area contributed by atoms with Gasteiger partial charge < -0.3 is 4.74 Å². The summed E-state index contributed by atoms with van der Waals surface area (Å²) in [7, 11) is -3.31. The van der Waals surface area contributed by atoms with Crippen LogP contribution in [0.1, 0.15) is 19.8 Å². The molecule has 2 saturated heterocycles. The first-order valence-corrected chi connectivity index (χ1v) is 9.26. The molecule has 3 rings (SSSR count). The van der Waals surface area contributed by atoms with Gasteiger partial charge in [0.2, 0.25) is 10.0 Å². The van der Waals surface area contributed by atoms with Gasteiger partial charge in [-0.3, -0.25) is 10.9 Å². The highest BCUT2D eigenvalue weighted by Gasteiger charge is 2.43. The van der Waals surface area contributed by atoms with Crippen molar-refractivity contribution in [2.75, 3.05) is 19.7 Å². The van der Waals surface area contributed by atoms with E-state index in [1.807, 2.05) is 37.3 Å². The minimum absolute atomic E-state index is 0.0713. The van der Waals surface area contributed by atoms with Crippen molar-refractivity contribution in [1.82, 2.24) is 15.2 Å². The molecule has 2 fully saturated rings. The smallest absolute Gasteiger partial charge is 0.220 e. The van der Waals surface area contributed by atoms with Crippen molar-refractivity contribution < 1.29 is 13.2 Å². The number of hydrogen-bond acceptors (Lipinski definition) is 5. The lowest BCUT2D eigenvalue weighted by Gasteiger charge is -2.28. The fourth-order valence-electron chi connectivity index (χ4n) is 3.15. The predicted octanol–water partition coefficient (Wildman–Crippen LogP) is 0.725. The monoisotopic (exact) mass is 325 g/mol. The van der Waals surface area contributed by atoms with Crippen LogP contribution in [0, 0.1) is 0 Å². The van der Waals surface area contributed by atoms with Gasteiger partial charge in [0.15, 0.2) is 0 Å². The molecule has 0 saturated carbocycles. The molecule has 0 bridgehead atoms. The summed E-state index contributed by atoms with van der Waals surface area (Å²) in [4.78, 5) is 0. The van der Waals surface area contributed by atoms with Gasteiger partial charge in [-0.2, -0.15) is 4.31 Å². The zero-order valence-electron chi connectivity index (χ0n) is 12.7. The van der Waals surface area contributed by atoms with Crippen LogP contribution in [0.2, 0.25) is 0 Å². The first kappa shape index (κ1) is 15.7. The van der Waals surface area contributed by atoms with Gasteiger partial charge in [0.1, 0.15) is 17.6 Å². The van der Waals surface area contributed by atoms with Gasteiger partial charge in [0, 0.05) is 19.1 Å². The Labute approximate surface area is 131 Å². The van der Waals surface area contributed by atoms with Crippen molar-refractivity contribution in [2.24, 2.45) is 0 Å². The molecule has 2 aliphatic heterocycles. The van der Waals surface area contributed by atoms with Gasteiger partial charge in [0.05, 0.1) is 6.04 Å². The summed E-state index contributed by atoms with van der Waals surface area (Å²) in [5.41, 5.74) is 5.92. The maximum absolute atomic E-state index is 12.9. The van der Waals surface area contributed by atoms with Crippen LogP contribution in [-0.2, 0) is 10.0 Å². The minimum atomic E-state index is -3.31. The molecule has 1 aromatic rings. The van der Waals surface area contributed by atoms with Crippen molar-refractivity contribution in [1.29, 1.82) is 0 Å². The highest BCUT2D eigenvalue weighted by Crippen LogP contribution is 2.26. The number of nitrogens with one attached hydrogen (secondary N) is 2. The molecule has 0 aromatic heterocycles. The van der Waals surface area contributed by atoms with Crippen LogP contribution in [0.3, 0.4) is 0 Å². The lowest BCUT2D eigenvalue weighted by atomic mass is 10.2. The Kier molecular flexibility index (Phi) is 4.67. The first-order chi connectivity index (χ1) is 10.6. The third-order valence-electron chi connectivity index (χ3n) is 4.41. The molecule has 1 aromatic carbocycles. The van der Waals surface area contributed by atoms with Crippen LogP contribution in [0.5, 0.6) is 5.75 Å². The number of sulfonamides is 1. The van der Waals surface area contributed by atoms with Crippen LogP contribution < -0.4 is 15.6 Å². The van der Waals surface area contributed by atoms with Gasteiger partial charge in [-0.25, -0.2) is 8.42 Å². The van der Waals surface area contributed by atoms with E-state index in [-0.39, 0.29) is 12.1 Å². The van der Waals surface area contributed by atoms with Gasteiger partial charge in [-0.1, -0.05) is 18.2 Å². The van der Waals surface area contributed by atoms with Gasteiger partial charge in [-0.05, 0) is 31.9 Å². The molecule has 6 nitrogen and oxygen atoms in total. The first-order valence-electron chi connectivity index (χ1n) is 7.76. The molecule has 2 heterocycles. The van der Waals surface area contributed by atoms with E-state index in [2.05, 4.69) is 10.9 Å². The molecule has 0 aliphatic carbocycles. The molecule has 3 unspecified atom stereocenters. The van der Waals surface area contributed by atoms with E-state index in [0.29, 0.717) is 19.7 Å². The van der Waals surface area contributed by atoms with E-state index in [0.717, 1.165) is 18.6 Å². The van der Waals surface area contributed by atoms with Crippen molar-refractivity contribution in [3.8, 4) is 5.75 Å². The lowest BCUT2D eigenvalue weighted by Crippen LogP contribution is -2.47. The van der Waals surface area contributed by atoms with Crippen LogP contribution in [0.4, 0.5) is 0 Å². The second kappa shape index (κ2) is 6.54. The van der Waals surface area contributed by atoms with E-state index in [4.69, 9.17) is 4.74 Å². The summed E-state index contributed by atoms with van der Waals surface area (Å²) < 4.78 is 33.1. The number of hydrogen-bond donors (Lipinski definition) is 2. The summed E-state index contributed by atoms with van der Waals surface area (Å²) in [5.74, 6) is 0.782. The van der Waals surface area contributed by atoms with Crippen molar-refractivity contribution >= 4 is 10.0 Å². The van der Waals surface area contributed by atoms with Crippen molar-refractivity contribution in [3.05, 3.63) is 30.3 Å². The van der Waals surface area contributed by atoms with E-state index < -0.39 is 15.3 Å². The SMILES string of the molecule is CC1NNCC1S(=O)(=O)N1CCCC1COc1ccccc1. The maximum atomic E-state index is 12.9. The third-order valence-corrected chi connectivity index (χ3v) is 6.88. The molecule has 3 atom stereocenters. The second-order valence-electron chi connectivity index (χ2n) is 5.93. The normalized spacial score (nSPS) is 29.8. The Morgan fingerprint density at radius 2 is 2.09 bits per heavy atom. The van der Waals surface area contributed by atoms with Crippen LogP contribution >= 0.6 is 0 Å². The van der Waals surface area contributed by atoms with Crippen molar-refractivity contribution in [2.45, 2.75) is 37.1 Å². The summed E-state index contributed by atoms with van der Waals surface area (Å²) in [6.07, 6.45) is 1.75. The maximum Gasteiger partial charge on any atom is 0.220 e. The summed E-state index contributed by atoms with van der Waals surface area (Å²) in [6, 6.07) is 9.38. The van der Waals surface area contributed by atoms with Crippen LogP contribution in [-0.4, -0.2) is 49.8 Å². The van der Waals surface area contributed by atoms with E-state index in [9.17, 15) is 8.42 Å². The standard InChI is InChI=1S/C15H23N3O3S/c1-12-15(10-16-17-12)22(19,20)18-9-5-6-13(18)11-21-14-7-3-2-4-8-14/h2-4,7-8,12-13,15-17H,5-6,9-11H2,1H3. The van der Waals surface area contributed by atoms with E-state index in [1.54, 1.807) is 4.31 Å². The molecule has 7 heteroatoms. The summed E-state index contributed by atoms with van der Waals surface area (Å²) >= 11 is 0. The quantitative estimate of drug-likeness (QED) is 0.835. The molecule has 0 radical (unpaired) electrons. The average Bonchev–Trinajstić information content (AvgIpc) is 3.15. The number of rotatable bonds is 5. The molecule has 2 aliphatic rings. The fourth-order valence-corrected chi connectivity index (χ4v) is 5.34. The Balaban J connectivity index is 1.67. The van der Waals surface area contributed by atoms with Crippen molar-refractivity contribution in [3.63, 3.8) is 0 Å². The largest absolute Gasteiger partial charge is 0.492 e. The average molecular weight is 325 g/mol. The second-order valence-corrected chi connectivity index (χ2v) is 8.03. The number of nitrogens with zero attached hydrogens (tertiary/aromatic N) is 1. The molecule has 0 spiro atoms. The predicted molar refractivity (Wildman–Crippen MR) is 85.0 cm³/mol. The number of benzene rings is 1. The molecule has 2 N–H and O–H groups in total. The topological polar surface area (TPSA) is 70.7 Å². The van der Waals surface area contributed by atoms with Gasteiger partial charge in [0.25, 0.3) is 0 Å². The van der Waals surface area contributed by atoms with E-state index >= 15 is 0 Å². The molecule has 22 heavy (non-hydrogen) atoms. The summed E-state index contributed by atoms with van der Waals surface area (Å²) in [6.45, 7) is 3.35. The Morgan fingerprint density at radius 3 is 2.77 bits per heavy atom. The highest BCUT2D eigenvalue weighted by atomic mass is 32.2. The minimum Gasteiger partial charge on any atom is -0.492 e. The lowest BCUT2D eigenvalue weighted by molar-refractivity contribution is 0.231. The highest BCUT2D eigenvalue weighted by molar-refractivity contribution is 7.89. The Hall–Kier alpha value is -1.15. The van der Waals surface area contributed by atoms with Crippen LogP contribution in [0.25, 0.3) is 0 Å². The number of para-hydroxylation sites is 1. The summed E-state index contributed by atoms with van der Waals surface area (Å²) in [5, 5.41) is -0.412. The van der Waals surface area contributed by atoms with Gasteiger partial charge >= 0.3 is 0 Å². The molecule has 0 amide bonds. The van der Waals surface area contributed by atoms with E-state index in [1.165, 1.54) is 0 Å². The number of ether oxygens (including phenoxy) is 1. The fraction of sp³-hybridized carbons (Fsp3) is 0.600. The van der Waals surface area contributed by atoms with Gasteiger partial charge in [-0.15, -0.1) is 0 Å². The number of hydrazine groups is 1. The molecule has 122 valence electrons.